The second kappa shape index (κ2) is 14.2. The Morgan fingerprint density at radius 3 is 2.02 bits per heavy atom. The Balaban J connectivity index is 1.80. The highest BCUT2D eigenvalue weighted by Crippen LogP contribution is 2.40. The fourth-order valence-corrected chi connectivity index (χ4v) is 3.85. The number of hydrogen-bond acceptors (Lipinski definition) is 6. The van der Waals surface area contributed by atoms with Gasteiger partial charge in [0.15, 0.2) is 0 Å². The van der Waals surface area contributed by atoms with Gasteiger partial charge in [0, 0.05) is 5.56 Å². The highest BCUT2D eigenvalue weighted by Gasteiger charge is 2.38. The van der Waals surface area contributed by atoms with Gasteiger partial charge >= 0.3 is 18.1 Å². The van der Waals surface area contributed by atoms with Crippen molar-refractivity contribution in [2.24, 2.45) is 0 Å². The van der Waals surface area contributed by atoms with Crippen LogP contribution in [0.15, 0.2) is 86.0 Å². The number of carbonyl (C=O) groups is 2. The molecule has 0 aliphatic carbocycles. The van der Waals surface area contributed by atoms with Crippen LogP contribution in [0, 0.1) is 0 Å². The third kappa shape index (κ3) is 8.73. The molecule has 3 rings (SSSR count). The Labute approximate surface area is 237 Å². The number of rotatable bonds is 13. The monoisotopic (exact) mass is 568 g/mol. The first kappa shape index (κ1) is 31.0. The summed E-state index contributed by atoms with van der Waals surface area (Å²) in [7, 11) is 0. The summed E-state index contributed by atoms with van der Waals surface area (Å²) in [4.78, 5) is 24.7. The van der Waals surface area contributed by atoms with Crippen LogP contribution in [0.25, 0.3) is 11.1 Å². The van der Waals surface area contributed by atoms with Crippen LogP contribution in [0.3, 0.4) is 0 Å². The molecule has 0 aliphatic rings. The number of alkyl halides is 3. The van der Waals surface area contributed by atoms with E-state index in [1.165, 1.54) is 18.2 Å². The number of esters is 2. The van der Waals surface area contributed by atoms with Gasteiger partial charge in [0.2, 0.25) is 0 Å². The molecule has 216 valence electrons. The van der Waals surface area contributed by atoms with Crippen molar-refractivity contribution in [1.82, 2.24) is 0 Å². The summed E-state index contributed by atoms with van der Waals surface area (Å²) in [5.41, 5.74) is 1.33. The van der Waals surface area contributed by atoms with E-state index in [1.807, 2.05) is 36.4 Å². The predicted molar refractivity (Wildman–Crippen MR) is 149 cm³/mol. The van der Waals surface area contributed by atoms with Crippen molar-refractivity contribution >= 4 is 11.9 Å². The molecular formula is C32H31F3O6. The van der Waals surface area contributed by atoms with Crippen molar-refractivity contribution in [2.75, 3.05) is 13.2 Å². The molecule has 0 bridgehead atoms. The largest absolute Gasteiger partial charge is 0.489 e. The summed E-state index contributed by atoms with van der Waals surface area (Å²) in [5, 5.41) is 0. The van der Waals surface area contributed by atoms with Gasteiger partial charge in [0.1, 0.15) is 36.9 Å². The topological polar surface area (TPSA) is 71.1 Å². The molecule has 0 saturated heterocycles. The quantitative estimate of drug-likeness (QED) is 0.159. The average Bonchev–Trinajstić information content (AvgIpc) is 2.93. The molecule has 0 N–H and O–H groups in total. The molecule has 0 radical (unpaired) electrons. The van der Waals surface area contributed by atoms with Gasteiger partial charge in [-0.1, -0.05) is 67.8 Å². The summed E-state index contributed by atoms with van der Waals surface area (Å²) in [6.07, 6.45) is -2.38. The zero-order valence-corrected chi connectivity index (χ0v) is 22.8. The summed E-state index contributed by atoms with van der Waals surface area (Å²) < 4.78 is 62.7. The van der Waals surface area contributed by atoms with E-state index in [1.54, 1.807) is 26.0 Å². The zero-order chi connectivity index (χ0) is 30.0. The molecule has 9 heteroatoms. The van der Waals surface area contributed by atoms with Crippen LogP contribution < -0.4 is 9.47 Å². The van der Waals surface area contributed by atoms with E-state index in [0.717, 1.165) is 22.8 Å². The molecule has 0 atom stereocenters. The van der Waals surface area contributed by atoms with Crippen LogP contribution in [0.1, 0.15) is 40.9 Å². The lowest BCUT2D eigenvalue weighted by molar-refractivity contribution is -0.141. The number of benzene rings is 3. The number of halogens is 3. The fourth-order valence-electron chi connectivity index (χ4n) is 3.85. The van der Waals surface area contributed by atoms with Crippen molar-refractivity contribution in [3.05, 3.63) is 108 Å². The van der Waals surface area contributed by atoms with E-state index < -0.39 is 29.6 Å². The molecule has 0 unspecified atom stereocenters. The van der Waals surface area contributed by atoms with Gasteiger partial charge in [-0.15, -0.1) is 0 Å². The third-order valence-corrected chi connectivity index (χ3v) is 5.69. The summed E-state index contributed by atoms with van der Waals surface area (Å²) in [6.45, 7) is 9.90. The lowest BCUT2D eigenvalue weighted by Gasteiger charge is -2.20. The van der Waals surface area contributed by atoms with Crippen LogP contribution in [0.2, 0.25) is 0 Å². The fraction of sp³-hybridized carbons (Fsp3) is 0.250. The molecular weight excluding hydrogens is 537 g/mol. The Bertz CT molecular complexity index is 1360. The summed E-state index contributed by atoms with van der Waals surface area (Å²) in [6, 6.07) is 16.5. The van der Waals surface area contributed by atoms with Crippen LogP contribution in [0.4, 0.5) is 13.2 Å². The van der Waals surface area contributed by atoms with E-state index in [2.05, 4.69) is 13.2 Å². The van der Waals surface area contributed by atoms with Gasteiger partial charge in [-0.25, -0.2) is 4.79 Å². The van der Waals surface area contributed by atoms with Gasteiger partial charge in [-0.3, -0.25) is 4.79 Å². The average molecular weight is 569 g/mol. The maximum Gasteiger partial charge on any atom is 0.419 e. The molecule has 0 fully saturated rings. The maximum atomic E-state index is 13.8. The highest BCUT2D eigenvalue weighted by atomic mass is 19.4. The van der Waals surface area contributed by atoms with Crippen LogP contribution in [0.5, 0.6) is 11.5 Å². The Morgan fingerprint density at radius 1 is 0.854 bits per heavy atom. The highest BCUT2D eigenvalue weighted by molar-refractivity contribution is 5.95. The first-order chi connectivity index (χ1) is 19.5. The minimum absolute atomic E-state index is 0.151. The Hall–Kier alpha value is -4.53. The van der Waals surface area contributed by atoms with Gasteiger partial charge in [-0.2, -0.15) is 13.2 Å². The van der Waals surface area contributed by atoms with Crippen molar-refractivity contribution < 1.29 is 41.7 Å². The maximum absolute atomic E-state index is 13.8. The second-order valence-electron chi connectivity index (χ2n) is 9.19. The van der Waals surface area contributed by atoms with E-state index in [-0.39, 0.29) is 43.3 Å². The van der Waals surface area contributed by atoms with Crippen molar-refractivity contribution in [1.29, 1.82) is 0 Å². The molecule has 41 heavy (non-hydrogen) atoms. The van der Waals surface area contributed by atoms with Crippen LogP contribution in [-0.2, 0) is 33.5 Å². The predicted octanol–water partition coefficient (Wildman–Crippen LogP) is 7.35. The number of ether oxygens (including phenoxy) is 4. The molecule has 0 aromatic heterocycles. The molecule has 3 aromatic rings. The minimum atomic E-state index is -4.76. The molecule has 0 amide bonds. The Kier molecular flexibility index (Phi) is 10.7. The van der Waals surface area contributed by atoms with Gasteiger partial charge in [-0.05, 0) is 48.7 Å². The normalized spacial score (nSPS) is 11.1. The van der Waals surface area contributed by atoms with Gasteiger partial charge < -0.3 is 18.9 Å². The molecule has 6 nitrogen and oxygen atoms in total. The minimum Gasteiger partial charge on any atom is -0.489 e. The zero-order valence-electron chi connectivity index (χ0n) is 22.8. The third-order valence-electron chi connectivity index (χ3n) is 5.69. The molecule has 0 heterocycles. The van der Waals surface area contributed by atoms with Crippen LogP contribution >= 0.6 is 0 Å². The van der Waals surface area contributed by atoms with Gasteiger partial charge in [0.05, 0.1) is 18.1 Å². The van der Waals surface area contributed by atoms with E-state index in [4.69, 9.17) is 18.9 Å². The lowest BCUT2D eigenvalue weighted by Crippen LogP contribution is -2.19. The van der Waals surface area contributed by atoms with E-state index in [0.29, 0.717) is 5.75 Å². The SMILES string of the molecule is C=CCOC(=O)Cc1ccc(-c2ccc(OCc3ccc(C(F)(F)F)c(OCC=C)c3C(=O)OC(C)C)cc2)cc1. The number of carbonyl (C=O) groups excluding carboxylic acids is 2. The molecule has 0 spiro atoms. The van der Waals surface area contributed by atoms with Gasteiger partial charge in [0.25, 0.3) is 0 Å². The van der Waals surface area contributed by atoms with E-state index >= 15 is 0 Å². The lowest BCUT2D eigenvalue weighted by atomic mass is 10.0. The number of hydrogen-bond donors (Lipinski definition) is 0. The first-order valence-corrected chi connectivity index (χ1v) is 12.8. The van der Waals surface area contributed by atoms with E-state index in [9.17, 15) is 22.8 Å². The van der Waals surface area contributed by atoms with Crippen LogP contribution in [-0.4, -0.2) is 31.3 Å². The smallest absolute Gasteiger partial charge is 0.419 e. The van der Waals surface area contributed by atoms with Crippen molar-refractivity contribution in [3.8, 4) is 22.6 Å². The molecule has 0 aliphatic heterocycles. The molecule has 3 aromatic carbocycles. The first-order valence-electron chi connectivity index (χ1n) is 12.8. The second-order valence-corrected chi connectivity index (χ2v) is 9.19. The van der Waals surface area contributed by atoms with Crippen molar-refractivity contribution in [2.45, 2.75) is 39.2 Å². The molecule has 0 saturated carbocycles. The Morgan fingerprint density at radius 2 is 1.46 bits per heavy atom. The standard InChI is InChI=1S/C32H31F3O6/c1-5-17-38-28(36)19-22-7-9-23(10-8-22)24-11-14-26(15-12-24)40-20-25-13-16-27(32(33,34)35)30(39-18-6-2)29(25)31(37)41-21(3)4/h5-16,21H,1-2,17-20H2,3-4H3. The summed E-state index contributed by atoms with van der Waals surface area (Å²) in [5.74, 6) is -1.48. The summed E-state index contributed by atoms with van der Waals surface area (Å²) >= 11 is 0. The van der Waals surface area contributed by atoms with Crippen molar-refractivity contribution in [3.63, 3.8) is 0 Å².